The first-order chi connectivity index (χ1) is 9.82. The molecule has 0 aliphatic heterocycles. The molecule has 2 aromatic rings. The first kappa shape index (κ1) is 14.8. The summed E-state index contributed by atoms with van der Waals surface area (Å²) < 4.78 is 35.9. The van der Waals surface area contributed by atoms with E-state index in [0.717, 1.165) is 6.07 Å². The van der Waals surface area contributed by atoms with Gasteiger partial charge in [-0.1, -0.05) is 6.07 Å². The summed E-state index contributed by atoms with van der Waals surface area (Å²) in [6.45, 7) is 0. The molecule has 0 bridgehead atoms. The van der Waals surface area contributed by atoms with Crippen LogP contribution in [0.15, 0.2) is 41.3 Å². The zero-order chi connectivity index (χ0) is 15.6. The molecule has 0 aliphatic carbocycles. The van der Waals surface area contributed by atoms with Crippen LogP contribution in [0.2, 0.25) is 0 Å². The lowest BCUT2D eigenvalue weighted by molar-refractivity contribution is 0.598. The Morgan fingerprint density at radius 1 is 1.19 bits per heavy atom. The van der Waals surface area contributed by atoms with E-state index in [0.29, 0.717) is 5.69 Å². The maximum absolute atomic E-state index is 13.5. The van der Waals surface area contributed by atoms with E-state index in [1.165, 1.54) is 30.3 Å². The number of primary sulfonamides is 1. The van der Waals surface area contributed by atoms with E-state index in [-0.39, 0.29) is 21.8 Å². The van der Waals surface area contributed by atoms with Crippen molar-refractivity contribution in [2.75, 3.05) is 11.1 Å². The van der Waals surface area contributed by atoms with Crippen molar-refractivity contribution in [2.24, 2.45) is 5.14 Å². The second-order valence-electron chi connectivity index (χ2n) is 4.19. The van der Waals surface area contributed by atoms with Crippen molar-refractivity contribution < 1.29 is 12.8 Å². The highest BCUT2D eigenvalue weighted by Crippen LogP contribution is 2.28. The molecule has 8 heteroatoms. The summed E-state index contributed by atoms with van der Waals surface area (Å²) in [6.07, 6.45) is 0. The zero-order valence-corrected chi connectivity index (χ0v) is 11.5. The lowest BCUT2D eigenvalue weighted by Gasteiger charge is -2.12. The van der Waals surface area contributed by atoms with Gasteiger partial charge in [0, 0.05) is 0 Å². The lowest BCUT2D eigenvalue weighted by atomic mass is 10.1. The van der Waals surface area contributed by atoms with Crippen LogP contribution in [0.25, 0.3) is 0 Å². The molecule has 2 rings (SSSR count). The summed E-state index contributed by atoms with van der Waals surface area (Å²) in [6, 6.07) is 9.69. The van der Waals surface area contributed by atoms with Gasteiger partial charge in [0.2, 0.25) is 10.0 Å². The minimum atomic E-state index is -3.85. The molecule has 0 aromatic heterocycles. The number of hydrogen-bond donors (Lipinski definition) is 3. The van der Waals surface area contributed by atoms with Gasteiger partial charge < -0.3 is 11.1 Å². The maximum atomic E-state index is 13.5. The molecular formula is C13H11FN4O2S. The van der Waals surface area contributed by atoms with Crippen LogP contribution in [0.5, 0.6) is 0 Å². The second-order valence-corrected chi connectivity index (χ2v) is 5.75. The maximum Gasteiger partial charge on any atom is 0.238 e. The molecule has 6 nitrogen and oxygen atoms in total. The van der Waals surface area contributed by atoms with E-state index in [9.17, 15) is 12.8 Å². The fourth-order valence-electron chi connectivity index (χ4n) is 1.72. The Morgan fingerprint density at radius 3 is 2.48 bits per heavy atom. The van der Waals surface area contributed by atoms with Gasteiger partial charge in [0.1, 0.15) is 17.4 Å². The molecule has 21 heavy (non-hydrogen) atoms. The Labute approximate surface area is 120 Å². The molecule has 0 saturated carbocycles. The molecule has 0 atom stereocenters. The smallest absolute Gasteiger partial charge is 0.238 e. The van der Waals surface area contributed by atoms with E-state index >= 15 is 0 Å². The predicted octanol–water partition coefficient (Wildman–Crippen LogP) is 1.67. The van der Waals surface area contributed by atoms with E-state index in [4.69, 9.17) is 16.1 Å². The first-order valence-corrected chi connectivity index (χ1v) is 7.25. The van der Waals surface area contributed by atoms with Crippen LogP contribution in [0, 0.1) is 17.1 Å². The fraction of sp³-hybridized carbons (Fsp3) is 0. The standard InChI is InChI=1S/C13H11FN4O2S/c14-10-2-1-3-12(9(10)7-15)18-13-5-4-8(6-11(13)16)21(17,19)20/h1-6,18H,16H2,(H2,17,19,20). The highest BCUT2D eigenvalue weighted by molar-refractivity contribution is 7.89. The fourth-order valence-corrected chi connectivity index (χ4v) is 2.27. The van der Waals surface area contributed by atoms with E-state index in [1.54, 1.807) is 6.07 Å². The lowest BCUT2D eigenvalue weighted by Crippen LogP contribution is -2.12. The molecule has 0 amide bonds. The van der Waals surface area contributed by atoms with Crippen LogP contribution in [-0.2, 0) is 10.0 Å². The third kappa shape index (κ3) is 3.10. The van der Waals surface area contributed by atoms with Crippen molar-refractivity contribution in [3.63, 3.8) is 0 Å². The van der Waals surface area contributed by atoms with E-state index in [2.05, 4.69) is 5.32 Å². The number of halogens is 1. The number of nitrogens with two attached hydrogens (primary N) is 2. The molecule has 0 aliphatic rings. The molecular weight excluding hydrogens is 295 g/mol. The number of benzene rings is 2. The van der Waals surface area contributed by atoms with E-state index in [1.807, 2.05) is 0 Å². The monoisotopic (exact) mass is 306 g/mol. The van der Waals surface area contributed by atoms with E-state index < -0.39 is 15.8 Å². The highest BCUT2D eigenvalue weighted by atomic mass is 32.2. The predicted molar refractivity (Wildman–Crippen MR) is 76.6 cm³/mol. The highest BCUT2D eigenvalue weighted by Gasteiger charge is 2.12. The number of hydrogen-bond acceptors (Lipinski definition) is 5. The third-order valence-corrected chi connectivity index (χ3v) is 3.66. The molecule has 2 aromatic carbocycles. The number of sulfonamides is 1. The molecule has 0 radical (unpaired) electrons. The molecule has 5 N–H and O–H groups in total. The van der Waals surface area contributed by atoms with Gasteiger partial charge in [0.05, 0.1) is 22.0 Å². The number of anilines is 3. The van der Waals surface area contributed by atoms with Gasteiger partial charge in [-0.2, -0.15) is 5.26 Å². The van der Waals surface area contributed by atoms with Crippen LogP contribution in [0.4, 0.5) is 21.5 Å². The number of nitrogen functional groups attached to an aromatic ring is 1. The second kappa shape index (κ2) is 5.40. The Hall–Kier alpha value is -2.63. The third-order valence-electron chi connectivity index (χ3n) is 2.75. The quantitative estimate of drug-likeness (QED) is 0.744. The number of nitrogens with one attached hydrogen (secondary N) is 1. The number of nitrogens with zero attached hydrogens (tertiary/aromatic N) is 1. The van der Waals surface area contributed by atoms with Gasteiger partial charge in [-0.25, -0.2) is 17.9 Å². The largest absolute Gasteiger partial charge is 0.397 e. The molecule has 0 heterocycles. The zero-order valence-electron chi connectivity index (χ0n) is 10.7. The normalized spacial score (nSPS) is 10.9. The molecule has 0 fully saturated rings. The van der Waals surface area contributed by atoms with Gasteiger partial charge in [0.15, 0.2) is 0 Å². The Bertz CT molecular complexity index is 844. The van der Waals surface area contributed by atoms with Crippen molar-refractivity contribution in [3.8, 4) is 6.07 Å². The van der Waals surface area contributed by atoms with Gasteiger partial charge in [-0.3, -0.25) is 0 Å². The molecule has 108 valence electrons. The minimum Gasteiger partial charge on any atom is -0.397 e. The average Bonchev–Trinajstić information content (AvgIpc) is 2.40. The summed E-state index contributed by atoms with van der Waals surface area (Å²) in [5, 5.41) is 16.7. The first-order valence-electron chi connectivity index (χ1n) is 5.71. The van der Waals surface area contributed by atoms with Crippen molar-refractivity contribution in [1.29, 1.82) is 5.26 Å². The summed E-state index contributed by atoms with van der Waals surface area (Å²) in [7, 11) is -3.85. The van der Waals surface area contributed by atoms with Gasteiger partial charge >= 0.3 is 0 Å². The van der Waals surface area contributed by atoms with Gasteiger partial charge in [-0.15, -0.1) is 0 Å². The molecule has 0 saturated heterocycles. The average molecular weight is 306 g/mol. The van der Waals surface area contributed by atoms with Gasteiger partial charge in [-0.05, 0) is 30.3 Å². The van der Waals surface area contributed by atoms with Crippen molar-refractivity contribution in [1.82, 2.24) is 0 Å². The Kier molecular flexibility index (Phi) is 3.80. The van der Waals surface area contributed by atoms with Gasteiger partial charge in [0.25, 0.3) is 0 Å². The van der Waals surface area contributed by atoms with Crippen LogP contribution < -0.4 is 16.2 Å². The SMILES string of the molecule is N#Cc1c(F)cccc1Nc1ccc(S(N)(=O)=O)cc1N. The molecule has 0 unspecified atom stereocenters. The van der Waals surface area contributed by atoms with Crippen molar-refractivity contribution in [3.05, 3.63) is 47.8 Å². The van der Waals surface area contributed by atoms with Crippen LogP contribution in [-0.4, -0.2) is 8.42 Å². The Morgan fingerprint density at radius 2 is 1.90 bits per heavy atom. The molecule has 0 spiro atoms. The Balaban J connectivity index is 2.43. The van der Waals surface area contributed by atoms with Crippen LogP contribution in [0.1, 0.15) is 5.56 Å². The summed E-state index contributed by atoms with van der Waals surface area (Å²) in [4.78, 5) is -0.134. The summed E-state index contributed by atoms with van der Waals surface area (Å²) >= 11 is 0. The van der Waals surface area contributed by atoms with Crippen molar-refractivity contribution in [2.45, 2.75) is 4.90 Å². The van der Waals surface area contributed by atoms with Crippen molar-refractivity contribution >= 4 is 27.1 Å². The topological polar surface area (TPSA) is 122 Å². The minimum absolute atomic E-state index is 0.106. The summed E-state index contributed by atoms with van der Waals surface area (Å²) in [5.74, 6) is -0.665. The van der Waals surface area contributed by atoms with Crippen LogP contribution in [0.3, 0.4) is 0 Å². The van der Waals surface area contributed by atoms with Crippen LogP contribution >= 0.6 is 0 Å². The summed E-state index contributed by atoms with van der Waals surface area (Å²) in [5.41, 5.74) is 6.25. The number of nitriles is 1. The number of rotatable bonds is 3.